The van der Waals surface area contributed by atoms with Crippen LogP contribution in [0.2, 0.25) is 0 Å². The molecule has 1 saturated heterocycles. The van der Waals surface area contributed by atoms with Crippen molar-refractivity contribution in [3.05, 3.63) is 29.8 Å². The number of ether oxygens (including phenoxy) is 2. The van der Waals surface area contributed by atoms with Crippen molar-refractivity contribution in [1.29, 1.82) is 0 Å². The van der Waals surface area contributed by atoms with Gasteiger partial charge in [0.15, 0.2) is 17.6 Å². The first-order valence-corrected chi connectivity index (χ1v) is 7.88. The van der Waals surface area contributed by atoms with E-state index in [1.54, 1.807) is 23.1 Å². The van der Waals surface area contributed by atoms with Crippen LogP contribution in [0.1, 0.15) is 24.8 Å². The lowest BCUT2D eigenvalue weighted by Crippen LogP contribution is -2.46. The van der Waals surface area contributed by atoms with Crippen LogP contribution in [0, 0.1) is 0 Å². The zero-order valence-electron chi connectivity index (χ0n) is 12.9. The Labute approximate surface area is 134 Å². The molecular weight excluding hydrogens is 298 g/mol. The summed E-state index contributed by atoms with van der Waals surface area (Å²) < 4.78 is 10.5. The number of fused-ring (bicyclic) bond motifs is 1. The van der Waals surface area contributed by atoms with E-state index < -0.39 is 18.1 Å². The van der Waals surface area contributed by atoms with Crippen LogP contribution in [0.3, 0.4) is 0 Å². The predicted molar refractivity (Wildman–Crippen MR) is 84.0 cm³/mol. The van der Waals surface area contributed by atoms with Gasteiger partial charge in [-0.2, -0.15) is 0 Å². The van der Waals surface area contributed by atoms with Gasteiger partial charge in [0.05, 0.1) is 0 Å². The molecule has 2 atom stereocenters. The number of likely N-dealkylation sites (tertiary alicyclic amines) is 1. The normalized spacial score (nSPS) is 19.8. The van der Waals surface area contributed by atoms with Crippen molar-refractivity contribution in [3.8, 4) is 11.5 Å². The summed E-state index contributed by atoms with van der Waals surface area (Å²) in [6, 6.07) is 5.38. The summed E-state index contributed by atoms with van der Waals surface area (Å²) in [5.74, 6) is 0.919. The molecule has 0 aliphatic carbocycles. The molecule has 0 bridgehead atoms. The van der Waals surface area contributed by atoms with Crippen LogP contribution in [-0.2, 0) is 4.79 Å². The quantitative estimate of drug-likeness (QED) is 0.871. The van der Waals surface area contributed by atoms with E-state index in [0.717, 1.165) is 24.8 Å². The van der Waals surface area contributed by atoms with E-state index in [4.69, 9.17) is 9.47 Å². The smallest absolute Gasteiger partial charge is 0.254 e. The Morgan fingerprint density at radius 1 is 1.13 bits per heavy atom. The molecule has 3 rings (SSSR count). The largest absolute Gasteiger partial charge is 0.454 e. The zero-order valence-corrected chi connectivity index (χ0v) is 12.9. The average Bonchev–Trinajstić information content (AvgIpc) is 3.06. The van der Waals surface area contributed by atoms with Gasteiger partial charge < -0.3 is 24.6 Å². The minimum Gasteiger partial charge on any atom is -0.454 e. The Morgan fingerprint density at radius 3 is 2.65 bits per heavy atom. The lowest BCUT2D eigenvalue weighted by atomic mass is 10.1. The molecule has 0 saturated carbocycles. The molecule has 0 aromatic heterocycles. The lowest BCUT2D eigenvalue weighted by molar-refractivity contribution is -0.145. The number of carbonyl (C=O) groups excluding carboxylic acids is 1. The predicted octanol–water partition coefficient (Wildman–Crippen LogP) is 1.16. The summed E-state index contributed by atoms with van der Waals surface area (Å²) in [6.07, 6.45) is 3.40. The summed E-state index contributed by atoms with van der Waals surface area (Å²) in [5.41, 5.74) is 0.797. The molecule has 0 radical (unpaired) electrons. The minimum atomic E-state index is -1.43. The molecule has 6 heteroatoms. The van der Waals surface area contributed by atoms with E-state index in [2.05, 4.69) is 0 Å². The molecule has 1 aromatic carbocycles. The van der Waals surface area contributed by atoms with Crippen LogP contribution in [0.15, 0.2) is 24.3 Å². The van der Waals surface area contributed by atoms with Gasteiger partial charge in [-0.1, -0.05) is 18.2 Å². The fraction of sp³-hybridized carbons (Fsp3) is 0.471. The fourth-order valence-corrected chi connectivity index (χ4v) is 2.78. The van der Waals surface area contributed by atoms with Crippen molar-refractivity contribution in [2.45, 2.75) is 31.5 Å². The van der Waals surface area contributed by atoms with Crippen molar-refractivity contribution < 1.29 is 24.5 Å². The van der Waals surface area contributed by atoms with Crippen molar-refractivity contribution >= 4 is 12.0 Å². The van der Waals surface area contributed by atoms with Crippen LogP contribution in [-0.4, -0.2) is 53.1 Å². The van der Waals surface area contributed by atoms with E-state index in [-0.39, 0.29) is 6.79 Å². The summed E-state index contributed by atoms with van der Waals surface area (Å²) in [4.78, 5) is 13.8. The van der Waals surface area contributed by atoms with Crippen molar-refractivity contribution in [2.75, 3.05) is 19.9 Å². The van der Waals surface area contributed by atoms with Crippen LogP contribution in [0.25, 0.3) is 6.08 Å². The van der Waals surface area contributed by atoms with Crippen molar-refractivity contribution in [3.63, 3.8) is 0 Å². The van der Waals surface area contributed by atoms with Gasteiger partial charge in [0.2, 0.25) is 6.79 Å². The first kappa shape index (κ1) is 15.8. The molecule has 2 heterocycles. The molecule has 2 aliphatic heterocycles. The molecule has 6 nitrogen and oxygen atoms in total. The number of rotatable bonds is 4. The van der Waals surface area contributed by atoms with E-state index in [9.17, 15) is 15.0 Å². The van der Waals surface area contributed by atoms with Crippen LogP contribution < -0.4 is 9.47 Å². The summed E-state index contributed by atoms with van der Waals surface area (Å²) in [5, 5.41) is 20.1. The third-order valence-corrected chi connectivity index (χ3v) is 4.13. The first-order chi connectivity index (χ1) is 11.1. The Bertz CT molecular complexity index is 595. The van der Waals surface area contributed by atoms with E-state index in [1.165, 1.54) is 6.08 Å². The Kier molecular flexibility index (Phi) is 4.83. The Morgan fingerprint density at radius 2 is 1.87 bits per heavy atom. The molecule has 0 spiro atoms. The first-order valence-electron chi connectivity index (χ1n) is 7.88. The highest BCUT2D eigenvalue weighted by Gasteiger charge is 2.28. The number of nitrogens with zero attached hydrogens (tertiary/aromatic N) is 1. The monoisotopic (exact) mass is 319 g/mol. The van der Waals surface area contributed by atoms with Gasteiger partial charge in [-0.05, 0) is 37.0 Å². The van der Waals surface area contributed by atoms with Gasteiger partial charge in [0, 0.05) is 13.1 Å². The third-order valence-electron chi connectivity index (χ3n) is 4.13. The third kappa shape index (κ3) is 3.65. The lowest BCUT2D eigenvalue weighted by Gasteiger charge is -2.29. The summed E-state index contributed by atoms with van der Waals surface area (Å²) in [7, 11) is 0. The summed E-state index contributed by atoms with van der Waals surface area (Å²) in [6.45, 7) is 1.50. The number of hydrogen-bond acceptors (Lipinski definition) is 5. The number of hydrogen-bond donors (Lipinski definition) is 2. The van der Waals surface area contributed by atoms with Crippen molar-refractivity contribution in [2.24, 2.45) is 0 Å². The van der Waals surface area contributed by atoms with Gasteiger partial charge in [0.1, 0.15) is 6.10 Å². The molecular formula is C17H21NO5. The van der Waals surface area contributed by atoms with Crippen LogP contribution in [0.4, 0.5) is 0 Å². The molecule has 124 valence electrons. The maximum Gasteiger partial charge on any atom is 0.254 e. The number of benzene rings is 1. The molecule has 1 amide bonds. The maximum absolute atomic E-state index is 12.1. The number of amides is 1. The second kappa shape index (κ2) is 7.02. The Hall–Kier alpha value is -2.05. The number of aliphatic hydroxyl groups is 2. The highest BCUT2D eigenvalue weighted by molar-refractivity contribution is 5.81. The number of piperidine rings is 1. The molecule has 1 aromatic rings. The number of aliphatic hydroxyl groups excluding tert-OH is 2. The van der Waals surface area contributed by atoms with Gasteiger partial charge in [-0.15, -0.1) is 0 Å². The molecule has 23 heavy (non-hydrogen) atoms. The van der Waals surface area contributed by atoms with Gasteiger partial charge >= 0.3 is 0 Å². The highest BCUT2D eigenvalue weighted by Crippen LogP contribution is 2.32. The average molecular weight is 319 g/mol. The second-order valence-electron chi connectivity index (χ2n) is 5.79. The van der Waals surface area contributed by atoms with E-state index in [1.807, 2.05) is 6.07 Å². The molecule has 0 unspecified atom stereocenters. The Balaban J connectivity index is 1.61. The van der Waals surface area contributed by atoms with Crippen molar-refractivity contribution in [1.82, 2.24) is 4.90 Å². The van der Waals surface area contributed by atoms with Gasteiger partial charge in [-0.3, -0.25) is 4.79 Å². The van der Waals surface area contributed by atoms with Gasteiger partial charge in [0.25, 0.3) is 5.91 Å². The summed E-state index contributed by atoms with van der Waals surface area (Å²) >= 11 is 0. The molecule has 1 fully saturated rings. The zero-order chi connectivity index (χ0) is 16.2. The maximum atomic E-state index is 12.1. The standard InChI is InChI=1S/C17H21NO5/c19-13(16(20)17(21)18-8-2-1-3-9-18)6-4-12-5-7-14-15(10-12)23-11-22-14/h4-7,10,13,16,19-20H,1-3,8-9,11H2/b6-4+/t13-,16+/m0/s1. The topological polar surface area (TPSA) is 79.2 Å². The SMILES string of the molecule is O=C([C@H](O)[C@@H](O)/C=C/c1ccc2c(c1)OCO2)N1CCCCC1. The second-order valence-corrected chi connectivity index (χ2v) is 5.79. The van der Waals surface area contributed by atoms with Crippen LogP contribution >= 0.6 is 0 Å². The fourth-order valence-electron chi connectivity index (χ4n) is 2.78. The molecule has 2 aliphatic rings. The van der Waals surface area contributed by atoms with E-state index >= 15 is 0 Å². The number of carbonyl (C=O) groups is 1. The molecule has 2 N–H and O–H groups in total. The van der Waals surface area contributed by atoms with E-state index in [0.29, 0.717) is 24.6 Å². The van der Waals surface area contributed by atoms with Crippen LogP contribution in [0.5, 0.6) is 11.5 Å². The van der Waals surface area contributed by atoms with Gasteiger partial charge in [-0.25, -0.2) is 0 Å². The minimum absolute atomic E-state index is 0.203. The highest BCUT2D eigenvalue weighted by atomic mass is 16.7.